The number of para-hydroxylation sites is 1. The number of hydrogen-bond donors (Lipinski definition) is 1. The molecule has 4 nitrogen and oxygen atoms in total. The number of halogens is 1. The highest BCUT2D eigenvalue weighted by Gasteiger charge is 2.24. The number of aryl methyl sites for hydroxylation is 1. The molecule has 0 unspecified atom stereocenters. The van der Waals surface area contributed by atoms with Crippen LogP contribution in [0.25, 0.3) is 26.7 Å². The Morgan fingerprint density at radius 1 is 1.03 bits per heavy atom. The predicted octanol–water partition coefficient (Wildman–Crippen LogP) is 7.24. The molecule has 0 atom stereocenters. The van der Waals surface area contributed by atoms with Gasteiger partial charge in [0, 0.05) is 10.4 Å². The quantitative estimate of drug-likeness (QED) is 0.325. The van der Waals surface area contributed by atoms with E-state index in [1.807, 2.05) is 54.9 Å². The van der Waals surface area contributed by atoms with E-state index in [-0.39, 0.29) is 6.10 Å². The molecule has 0 radical (unpaired) electrons. The van der Waals surface area contributed by atoms with E-state index in [9.17, 15) is 5.11 Å². The lowest BCUT2D eigenvalue weighted by Crippen LogP contribution is -2.16. The minimum atomic E-state index is -1.07. The van der Waals surface area contributed by atoms with Gasteiger partial charge < -0.3 is 9.84 Å². The van der Waals surface area contributed by atoms with Crippen molar-refractivity contribution in [3.63, 3.8) is 0 Å². The molecule has 0 fully saturated rings. The van der Waals surface area contributed by atoms with E-state index in [1.165, 1.54) is 5.56 Å². The smallest absolute Gasteiger partial charge is 0.128 e. The van der Waals surface area contributed by atoms with Crippen LogP contribution in [0.4, 0.5) is 0 Å². The van der Waals surface area contributed by atoms with E-state index in [0.29, 0.717) is 10.7 Å². The Bertz CT molecular complexity index is 1250. The minimum Gasteiger partial charge on any atom is -0.490 e. The highest BCUT2D eigenvalue weighted by atomic mass is 35.5. The summed E-state index contributed by atoms with van der Waals surface area (Å²) in [5, 5.41) is 15.9. The third kappa shape index (κ3) is 4.60. The Labute approximate surface area is 198 Å². The molecule has 0 spiro atoms. The van der Waals surface area contributed by atoms with Gasteiger partial charge in [0.05, 0.1) is 33.1 Å². The number of aromatic nitrogens is 2. The van der Waals surface area contributed by atoms with E-state index in [1.54, 1.807) is 25.2 Å². The number of rotatable bonds is 6. The van der Waals surface area contributed by atoms with Crippen LogP contribution in [0.5, 0.6) is 5.75 Å². The van der Waals surface area contributed by atoms with E-state index >= 15 is 0 Å². The molecule has 1 N–H and O–H groups in total. The van der Waals surface area contributed by atoms with Gasteiger partial charge >= 0.3 is 0 Å². The molecule has 32 heavy (non-hydrogen) atoms. The maximum absolute atomic E-state index is 10.6. The molecule has 0 aliphatic heterocycles. The van der Waals surface area contributed by atoms with Crippen LogP contribution < -0.4 is 4.74 Å². The standard InChI is InChI=1S/C26H27ClN2O2S/c1-16(2)31-22-11-10-17(3)14-18(22)23-12-13-24(32-23)21-15-25(26(4,5)30)28-29(21)20-9-7-6-8-19(20)27/h6-16,30H,1-5H3. The zero-order valence-electron chi connectivity index (χ0n) is 18.9. The van der Waals surface area contributed by atoms with Crippen molar-refractivity contribution in [3.8, 4) is 32.4 Å². The van der Waals surface area contributed by atoms with Crippen molar-refractivity contribution in [1.82, 2.24) is 9.78 Å². The van der Waals surface area contributed by atoms with Gasteiger partial charge in [-0.2, -0.15) is 5.10 Å². The summed E-state index contributed by atoms with van der Waals surface area (Å²) in [6.45, 7) is 9.61. The number of hydrogen-bond acceptors (Lipinski definition) is 4. The van der Waals surface area contributed by atoms with Gasteiger partial charge in [-0.25, -0.2) is 4.68 Å². The van der Waals surface area contributed by atoms with Gasteiger partial charge in [0.25, 0.3) is 0 Å². The first-order valence-electron chi connectivity index (χ1n) is 10.6. The van der Waals surface area contributed by atoms with Gasteiger partial charge in [0.2, 0.25) is 0 Å². The molecule has 0 aliphatic rings. The Morgan fingerprint density at radius 3 is 2.44 bits per heavy atom. The van der Waals surface area contributed by atoms with E-state index in [0.717, 1.165) is 32.4 Å². The van der Waals surface area contributed by atoms with Crippen LogP contribution in [-0.4, -0.2) is 21.0 Å². The molecule has 4 aromatic rings. The van der Waals surface area contributed by atoms with Crippen LogP contribution in [-0.2, 0) is 5.60 Å². The molecular weight excluding hydrogens is 440 g/mol. The SMILES string of the molecule is Cc1ccc(OC(C)C)c(-c2ccc(-c3cc(C(C)(C)O)nn3-c3ccccc3Cl)s2)c1. The lowest BCUT2D eigenvalue weighted by molar-refractivity contribution is 0.0734. The van der Waals surface area contributed by atoms with Crippen molar-refractivity contribution in [1.29, 1.82) is 0 Å². The maximum Gasteiger partial charge on any atom is 0.128 e. The van der Waals surface area contributed by atoms with E-state index in [4.69, 9.17) is 21.4 Å². The second kappa shape index (κ2) is 8.74. The van der Waals surface area contributed by atoms with Gasteiger partial charge in [-0.05, 0) is 77.1 Å². The normalized spacial score (nSPS) is 11.9. The number of ether oxygens (including phenoxy) is 1. The zero-order chi connectivity index (χ0) is 23.0. The van der Waals surface area contributed by atoms with Gasteiger partial charge in [0.15, 0.2) is 0 Å². The van der Waals surface area contributed by atoms with Crippen molar-refractivity contribution in [2.24, 2.45) is 0 Å². The Balaban J connectivity index is 1.85. The van der Waals surface area contributed by atoms with Crippen LogP contribution >= 0.6 is 22.9 Å². The van der Waals surface area contributed by atoms with Gasteiger partial charge in [0.1, 0.15) is 11.4 Å². The molecule has 4 rings (SSSR count). The Kier molecular flexibility index (Phi) is 6.17. The van der Waals surface area contributed by atoms with Gasteiger partial charge in [-0.3, -0.25) is 0 Å². The molecule has 0 saturated carbocycles. The summed E-state index contributed by atoms with van der Waals surface area (Å²) in [5.41, 5.74) is 3.41. The molecule has 0 amide bonds. The number of nitrogens with zero attached hydrogens (tertiary/aromatic N) is 2. The summed E-state index contributed by atoms with van der Waals surface area (Å²) in [7, 11) is 0. The predicted molar refractivity (Wildman–Crippen MR) is 133 cm³/mol. The highest BCUT2D eigenvalue weighted by molar-refractivity contribution is 7.18. The first kappa shape index (κ1) is 22.6. The topological polar surface area (TPSA) is 47.3 Å². The zero-order valence-corrected chi connectivity index (χ0v) is 20.5. The number of thiophene rings is 1. The largest absolute Gasteiger partial charge is 0.490 e. The Hall–Kier alpha value is -2.60. The summed E-state index contributed by atoms with van der Waals surface area (Å²) in [6.07, 6.45) is 0.0897. The molecule has 2 heterocycles. The van der Waals surface area contributed by atoms with Crippen molar-refractivity contribution in [3.05, 3.63) is 76.9 Å². The van der Waals surface area contributed by atoms with Crippen LogP contribution in [0.15, 0.2) is 60.7 Å². The second-order valence-corrected chi connectivity index (χ2v) is 10.2. The van der Waals surface area contributed by atoms with Crippen molar-refractivity contribution < 1.29 is 9.84 Å². The van der Waals surface area contributed by atoms with Crippen LogP contribution in [0.2, 0.25) is 5.02 Å². The van der Waals surface area contributed by atoms with E-state index in [2.05, 4.69) is 31.2 Å². The lowest BCUT2D eigenvalue weighted by atomic mass is 10.1. The van der Waals surface area contributed by atoms with Crippen molar-refractivity contribution >= 4 is 22.9 Å². The number of aliphatic hydroxyl groups is 1. The van der Waals surface area contributed by atoms with Gasteiger partial charge in [-0.1, -0.05) is 35.4 Å². The first-order chi connectivity index (χ1) is 15.1. The van der Waals surface area contributed by atoms with Crippen LogP contribution in [0.3, 0.4) is 0 Å². The fourth-order valence-electron chi connectivity index (χ4n) is 3.48. The van der Waals surface area contributed by atoms with Crippen molar-refractivity contribution in [2.45, 2.75) is 46.3 Å². The average molecular weight is 467 g/mol. The summed E-state index contributed by atoms with van der Waals surface area (Å²) < 4.78 is 7.88. The third-order valence-electron chi connectivity index (χ3n) is 5.04. The maximum atomic E-state index is 10.6. The molecule has 0 aliphatic carbocycles. The minimum absolute atomic E-state index is 0.0897. The molecular formula is C26H27ClN2O2S. The van der Waals surface area contributed by atoms with E-state index < -0.39 is 5.60 Å². The monoisotopic (exact) mass is 466 g/mol. The fourth-order valence-corrected chi connectivity index (χ4v) is 4.72. The van der Waals surface area contributed by atoms with Crippen LogP contribution in [0.1, 0.15) is 39.0 Å². The second-order valence-electron chi connectivity index (χ2n) is 8.67. The molecule has 0 saturated heterocycles. The third-order valence-corrected chi connectivity index (χ3v) is 6.50. The highest BCUT2D eigenvalue weighted by Crippen LogP contribution is 2.41. The van der Waals surface area contributed by atoms with Crippen molar-refractivity contribution in [2.75, 3.05) is 0 Å². The summed E-state index contributed by atoms with van der Waals surface area (Å²) in [6, 6.07) is 20.0. The number of benzene rings is 2. The summed E-state index contributed by atoms with van der Waals surface area (Å²) >= 11 is 8.16. The summed E-state index contributed by atoms with van der Waals surface area (Å²) in [5.74, 6) is 0.871. The molecule has 166 valence electrons. The average Bonchev–Trinajstić information content (AvgIpc) is 3.36. The molecule has 6 heteroatoms. The molecule has 2 aromatic carbocycles. The first-order valence-corrected chi connectivity index (χ1v) is 11.8. The summed E-state index contributed by atoms with van der Waals surface area (Å²) in [4.78, 5) is 2.14. The molecule has 0 bridgehead atoms. The fraction of sp³-hybridized carbons (Fsp3) is 0.269. The van der Waals surface area contributed by atoms with Crippen LogP contribution in [0, 0.1) is 6.92 Å². The Morgan fingerprint density at radius 2 is 1.75 bits per heavy atom. The lowest BCUT2D eigenvalue weighted by Gasteiger charge is -2.14. The molecule has 2 aromatic heterocycles. The van der Waals surface area contributed by atoms with Gasteiger partial charge in [-0.15, -0.1) is 11.3 Å².